The fourth-order valence-corrected chi connectivity index (χ4v) is 4.39. The molecule has 3 aromatic rings. The van der Waals surface area contributed by atoms with Crippen LogP contribution in [0.5, 0.6) is 0 Å². The first kappa shape index (κ1) is 20.8. The molecule has 1 atom stereocenters. The highest BCUT2D eigenvalue weighted by Gasteiger charge is 2.43. The highest BCUT2D eigenvalue weighted by molar-refractivity contribution is 9.10. The Hall–Kier alpha value is -2.51. The van der Waals surface area contributed by atoms with Crippen molar-refractivity contribution in [2.45, 2.75) is 19.9 Å². The molecule has 5 nitrogen and oxygen atoms in total. The van der Waals surface area contributed by atoms with Crippen molar-refractivity contribution in [1.29, 1.82) is 0 Å². The lowest BCUT2D eigenvalue weighted by atomic mass is 9.98. The van der Waals surface area contributed by atoms with Crippen LogP contribution in [0.15, 0.2) is 56.1 Å². The van der Waals surface area contributed by atoms with Gasteiger partial charge in [0, 0.05) is 23.1 Å². The summed E-state index contributed by atoms with van der Waals surface area (Å²) in [5, 5.41) is 0.364. The number of carbonyl (C=O) groups is 1. The van der Waals surface area contributed by atoms with E-state index in [0.717, 1.165) is 17.6 Å². The molecule has 1 unspecified atom stereocenters. The lowest BCUT2D eigenvalue weighted by molar-refractivity contribution is 0.0706. The van der Waals surface area contributed by atoms with Gasteiger partial charge in [-0.3, -0.25) is 9.59 Å². The van der Waals surface area contributed by atoms with Crippen molar-refractivity contribution >= 4 is 32.8 Å². The normalized spacial score (nSPS) is 16.0. The molecular formula is C23H22BrFN2O3. The van der Waals surface area contributed by atoms with Crippen LogP contribution in [0.1, 0.15) is 41.6 Å². The number of fused-ring (bicyclic) bond motifs is 2. The number of halogens is 2. The summed E-state index contributed by atoms with van der Waals surface area (Å²) in [6, 6.07) is 10.5. The summed E-state index contributed by atoms with van der Waals surface area (Å²) < 4.78 is 21.4. The first-order chi connectivity index (χ1) is 14.5. The fraction of sp³-hybridized carbons (Fsp3) is 0.304. The summed E-state index contributed by atoms with van der Waals surface area (Å²) in [4.78, 5) is 30.4. The second kappa shape index (κ2) is 8.32. The van der Waals surface area contributed by atoms with Gasteiger partial charge in [0.2, 0.25) is 5.76 Å². The third-order valence-electron chi connectivity index (χ3n) is 5.68. The van der Waals surface area contributed by atoms with Crippen molar-refractivity contribution in [2.24, 2.45) is 0 Å². The topological polar surface area (TPSA) is 53.8 Å². The maximum Gasteiger partial charge on any atom is 0.290 e. The van der Waals surface area contributed by atoms with E-state index in [1.807, 2.05) is 13.8 Å². The second-order valence-corrected chi connectivity index (χ2v) is 8.18. The summed E-state index contributed by atoms with van der Waals surface area (Å²) in [6.07, 6.45) is 0. The molecule has 0 fully saturated rings. The number of hydrogen-bond acceptors (Lipinski definition) is 4. The number of amides is 1. The van der Waals surface area contributed by atoms with Crippen LogP contribution in [-0.4, -0.2) is 41.9 Å². The van der Waals surface area contributed by atoms with Crippen LogP contribution < -0.4 is 5.43 Å². The predicted molar refractivity (Wildman–Crippen MR) is 117 cm³/mol. The van der Waals surface area contributed by atoms with Crippen LogP contribution in [0.25, 0.3) is 11.0 Å². The molecule has 30 heavy (non-hydrogen) atoms. The van der Waals surface area contributed by atoms with Gasteiger partial charge in [0.25, 0.3) is 5.91 Å². The smallest absolute Gasteiger partial charge is 0.290 e. The lowest BCUT2D eigenvalue weighted by Gasteiger charge is -2.28. The minimum atomic E-state index is -0.816. The summed E-state index contributed by atoms with van der Waals surface area (Å²) in [6.45, 7) is 6.76. The number of hydrogen-bond donors (Lipinski definition) is 0. The number of nitrogens with zero attached hydrogens (tertiary/aromatic N) is 2. The SMILES string of the molecule is CCN(CC)CCN1C(=O)c2oc3ccc(Br)cc3c(=O)c2C1c1ccccc1F. The maximum absolute atomic E-state index is 14.8. The molecular weight excluding hydrogens is 451 g/mol. The second-order valence-electron chi connectivity index (χ2n) is 7.26. The molecule has 4 rings (SSSR count). The number of carbonyl (C=O) groups excluding carboxylic acids is 1. The first-order valence-electron chi connectivity index (χ1n) is 10.00. The average Bonchev–Trinajstić information content (AvgIpc) is 3.02. The van der Waals surface area contributed by atoms with Gasteiger partial charge >= 0.3 is 0 Å². The summed E-state index contributed by atoms with van der Waals surface area (Å²) in [7, 11) is 0. The molecule has 1 amide bonds. The summed E-state index contributed by atoms with van der Waals surface area (Å²) in [5.74, 6) is -0.834. The summed E-state index contributed by atoms with van der Waals surface area (Å²) >= 11 is 3.38. The van der Waals surface area contributed by atoms with Gasteiger partial charge in [0.1, 0.15) is 11.4 Å². The predicted octanol–water partition coefficient (Wildman–Crippen LogP) is 4.58. The van der Waals surface area contributed by atoms with Gasteiger partial charge in [-0.1, -0.05) is 48.0 Å². The largest absolute Gasteiger partial charge is 0.450 e. The van der Waals surface area contributed by atoms with Crippen molar-refractivity contribution in [2.75, 3.05) is 26.2 Å². The molecule has 1 aromatic heterocycles. The summed E-state index contributed by atoms with van der Waals surface area (Å²) in [5.41, 5.74) is 0.536. The van der Waals surface area contributed by atoms with E-state index in [0.29, 0.717) is 29.6 Å². The minimum absolute atomic E-state index is 0.00243. The molecule has 156 valence electrons. The molecule has 0 N–H and O–H groups in total. The van der Waals surface area contributed by atoms with Crippen molar-refractivity contribution in [3.63, 3.8) is 0 Å². The van der Waals surface area contributed by atoms with E-state index in [1.54, 1.807) is 41.3 Å². The van der Waals surface area contributed by atoms with Crippen LogP contribution in [0, 0.1) is 5.82 Å². The van der Waals surface area contributed by atoms with Crippen LogP contribution in [0.3, 0.4) is 0 Å². The molecule has 2 heterocycles. The van der Waals surface area contributed by atoms with Gasteiger partial charge in [-0.15, -0.1) is 0 Å². The van der Waals surface area contributed by atoms with Crippen molar-refractivity contribution in [3.8, 4) is 0 Å². The highest BCUT2D eigenvalue weighted by Crippen LogP contribution is 2.39. The van der Waals surface area contributed by atoms with E-state index >= 15 is 0 Å². The van der Waals surface area contributed by atoms with Gasteiger partial charge in [0.15, 0.2) is 5.43 Å². The molecule has 1 aliphatic rings. The quantitative estimate of drug-likeness (QED) is 0.526. The van der Waals surface area contributed by atoms with Crippen LogP contribution in [0.4, 0.5) is 4.39 Å². The van der Waals surface area contributed by atoms with Gasteiger partial charge in [-0.2, -0.15) is 0 Å². The van der Waals surface area contributed by atoms with Gasteiger partial charge in [-0.25, -0.2) is 4.39 Å². The van der Waals surface area contributed by atoms with E-state index in [9.17, 15) is 14.0 Å². The standard InChI is InChI=1S/C23H22BrFN2O3/c1-3-26(4-2)11-12-27-20(15-7-5-6-8-17(15)25)19-21(28)16-13-14(24)9-10-18(16)30-22(19)23(27)29/h5-10,13,20H,3-4,11-12H2,1-2H3. The monoisotopic (exact) mass is 472 g/mol. The van der Waals surface area contributed by atoms with E-state index < -0.39 is 11.9 Å². The number of likely N-dealkylation sites (N-methyl/N-ethyl adjacent to an activating group) is 1. The number of benzene rings is 2. The average molecular weight is 473 g/mol. The third-order valence-corrected chi connectivity index (χ3v) is 6.17. The fourth-order valence-electron chi connectivity index (χ4n) is 4.03. The zero-order chi connectivity index (χ0) is 21.4. The Bertz CT molecular complexity index is 1170. The van der Waals surface area contributed by atoms with Crippen molar-refractivity contribution < 1.29 is 13.6 Å². The Morgan fingerprint density at radius 2 is 1.87 bits per heavy atom. The van der Waals surface area contributed by atoms with Crippen molar-refractivity contribution in [3.05, 3.63) is 79.9 Å². The molecule has 0 spiro atoms. The minimum Gasteiger partial charge on any atom is -0.450 e. The first-order valence-corrected chi connectivity index (χ1v) is 10.8. The zero-order valence-corrected chi connectivity index (χ0v) is 18.4. The lowest BCUT2D eigenvalue weighted by Crippen LogP contribution is -2.38. The van der Waals surface area contributed by atoms with E-state index in [2.05, 4.69) is 20.8 Å². The molecule has 0 saturated carbocycles. The van der Waals surface area contributed by atoms with E-state index in [1.165, 1.54) is 6.07 Å². The zero-order valence-electron chi connectivity index (χ0n) is 16.8. The molecule has 2 aromatic carbocycles. The van der Waals surface area contributed by atoms with E-state index in [-0.39, 0.29) is 22.7 Å². The Morgan fingerprint density at radius 3 is 2.57 bits per heavy atom. The number of rotatable bonds is 6. The van der Waals surface area contributed by atoms with Crippen LogP contribution in [0.2, 0.25) is 0 Å². The molecule has 7 heteroatoms. The Morgan fingerprint density at radius 1 is 1.13 bits per heavy atom. The highest BCUT2D eigenvalue weighted by atomic mass is 79.9. The van der Waals surface area contributed by atoms with Crippen LogP contribution >= 0.6 is 15.9 Å². The van der Waals surface area contributed by atoms with E-state index in [4.69, 9.17) is 4.42 Å². The molecule has 0 aliphatic carbocycles. The Balaban J connectivity index is 1.90. The van der Waals surface area contributed by atoms with Crippen LogP contribution in [-0.2, 0) is 0 Å². The van der Waals surface area contributed by atoms with Gasteiger partial charge in [-0.05, 0) is 37.4 Å². The Kier molecular flexibility index (Phi) is 5.75. The molecule has 0 saturated heterocycles. The maximum atomic E-state index is 14.8. The molecule has 0 bridgehead atoms. The van der Waals surface area contributed by atoms with Gasteiger partial charge in [0.05, 0.1) is 17.0 Å². The Labute approximate surface area is 182 Å². The van der Waals surface area contributed by atoms with Gasteiger partial charge < -0.3 is 14.2 Å². The third kappa shape index (κ3) is 3.46. The van der Waals surface area contributed by atoms with Crippen molar-refractivity contribution in [1.82, 2.24) is 9.80 Å². The molecule has 0 radical (unpaired) electrons. The molecule has 1 aliphatic heterocycles.